The molecule has 0 bridgehead atoms. The molecule has 0 amide bonds. The molecule has 4 aliphatic rings. The lowest BCUT2D eigenvalue weighted by Crippen LogP contribution is -2.17. The number of rotatable bonds is 3. The number of fused-ring (bicyclic) bond motifs is 2. The second kappa shape index (κ2) is 8.89. The van der Waals surface area contributed by atoms with Crippen LogP contribution >= 0.6 is 35.6 Å². The van der Waals surface area contributed by atoms with Gasteiger partial charge in [-0.05, 0) is 51.2 Å². The van der Waals surface area contributed by atoms with Gasteiger partial charge in [-0.25, -0.2) is 0 Å². The summed E-state index contributed by atoms with van der Waals surface area (Å²) < 4.78 is 11.8. The van der Waals surface area contributed by atoms with Gasteiger partial charge in [0, 0.05) is 35.1 Å². The van der Waals surface area contributed by atoms with Crippen molar-refractivity contribution in [2.75, 3.05) is 13.7 Å². The molecule has 0 N–H and O–H groups in total. The highest BCUT2D eigenvalue weighted by molar-refractivity contribution is 6.46. The summed E-state index contributed by atoms with van der Waals surface area (Å²) in [6.45, 7) is 2.93. The van der Waals surface area contributed by atoms with Crippen LogP contribution in [0.4, 0.5) is 0 Å². The molecule has 1 aromatic carbocycles. The summed E-state index contributed by atoms with van der Waals surface area (Å²) >= 11 is 11.2. The zero-order valence-electron chi connectivity index (χ0n) is 15.9. The minimum absolute atomic E-state index is 0. The number of aliphatic imine (C=N–C) groups is 1. The lowest BCUT2D eigenvalue weighted by molar-refractivity contribution is 0.198. The summed E-state index contributed by atoms with van der Waals surface area (Å²) in [5, 5.41) is 1.41. The fraction of sp³-hybridized carbons (Fsp3) is 0.429. The van der Waals surface area contributed by atoms with E-state index in [1.54, 1.807) is 13.3 Å². The molecule has 1 saturated carbocycles. The lowest BCUT2D eigenvalue weighted by Gasteiger charge is -2.23. The predicted octanol–water partition coefficient (Wildman–Crippen LogP) is 6.17. The zero-order chi connectivity index (χ0) is 19.0. The van der Waals surface area contributed by atoms with Crippen molar-refractivity contribution < 1.29 is 9.47 Å². The van der Waals surface area contributed by atoms with E-state index in [-0.39, 0.29) is 12.4 Å². The van der Waals surface area contributed by atoms with E-state index in [4.69, 9.17) is 32.7 Å². The summed E-state index contributed by atoms with van der Waals surface area (Å²) in [6.07, 6.45) is 7.81. The third kappa shape index (κ3) is 4.10. The van der Waals surface area contributed by atoms with Crippen LogP contribution in [-0.4, -0.2) is 30.5 Å². The molecule has 2 aliphatic heterocycles. The van der Waals surface area contributed by atoms with Crippen molar-refractivity contribution in [3.05, 3.63) is 39.5 Å². The molecule has 0 saturated heterocycles. The van der Waals surface area contributed by atoms with Crippen LogP contribution in [0.15, 0.2) is 23.3 Å². The molecule has 5 rings (SSSR count). The third-order valence-corrected chi connectivity index (χ3v) is 5.93. The van der Waals surface area contributed by atoms with E-state index in [0.29, 0.717) is 11.1 Å². The first-order valence-electron chi connectivity index (χ1n) is 9.32. The Bertz CT molecular complexity index is 909. The average Bonchev–Trinajstić information content (AvgIpc) is 3.03. The van der Waals surface area contributed by atoms with Gasteiger partial charge < -0.3 is 9.47 Å². The average molecular weight is 442 g/mol. The normalized spacial score (nSPS) is 16.2. The molecule has 0 aromatic heterocycles. The lowest BCUT2D eigenvalue weighted by atomic mass is 9.97. The zero-order valence-corrected chi connectivity index (χ0v) is 18.3. The fourth-order valence-corrected chi connectivity index (χ4v) is 4.33. The van der Waals surface area contributed by atoms with E-state index in [1.165, 1.54) is 36.8 Å². The van der Waals surface area contributed by atoms with Crippen molar-refractivity contribution in [2.45, 2.75) is 45.1 Å². The van der Waals surface area contributed by atoms with Gasteiger partial charge in [0.25, 0.3) is 0 Å². The number of aromatic nitrogens is 1. The predicted molar refractivity (Wildman–Crippen MR) is 117 cm³/mol. The number of benzene rings is 1. The first kappa shape index (κ1) is 21.2. The van der Waals surface area contributed by atoms with Gasteiger partial charge >= 0.3 is 0 Å². The van der Waals surface area contributed by atoms with E-state index < -0.39 is 0 Å². The number of pyridine rings is 1. The van der Waals surface area contributed by atoms with Crippen molar-refractivity contribution in [3.8, 4) is 22.8 Å². The van der Waals surface area contributed by atoms with Crippen molar-refractivity contribution in [2.24, 2.45) is 4.99 Å². The van der Waals surface area contributed by atoms with Crippen molar-refractivity contribution >= 4 is 41.3 Å². The maximum atomic E-state index is 6.26. The fourth-order valence-electron chi connectivity index (χ4n) is 3.76. The van der Waals surface area contributed by atoms with Crippen LogP contribution < -0.4 is 9.47 Å². The Hall–Kier alpha value is -1.49. The molecule has 7 heteroatoms. The Balaban J connectivity index is 0.000000209. The van der Waals surface area contributed by atoms with Gasteiger partial charge in [-0.2, -0.15) is 0 Å². The molecule has 150 valence electrons. The number of hydrogen-bond donors (Lipinski definition) is 0. The van der Waals surface area contributed by atoms with Crippen molar-refractivity contribution in [1.29, 1.82) is 0 Å². The number of ether oxygens (including phenoxy) is 2. The Morgan fingerprint density at radius 3 is 2.46 bits per heavy atom. The molecule has 4 nitrogen and oxygen atoms in total. The Morgan fingerprint density at radius 2 is 1.89 bits per heavy atom. The maximum absolute atomic E-state index is 6.26. The van der Waals surface area contributed by atoms with E-state index in [0.717, 1.165) is 46.5 Å². The highest BCUT2D eigenvalue weighted by Gasteiger charge is 2.28. The van der Waals surface area contributed by atoms with E-state index >= 15 is 0 Å². The molecule has 1 aromatic rings. The smallest absolute Gasteiger partial charge is 0.165 e. The van der Waals surface area contributed by atoms with Crippen molar-refractivity contribution in [3.63, 3.8) is 0 Å². The van der Waals surface area contributed by atoms with Gasteiger partial charge in [0.1, 0.15) is 0 Å². The molecule has 1 fully saturated rings. The Morgan fingerprint density at radius 1 is 1.14 bits per heavy atom. The van der Waals surface area contributed by atoms with Gasteiger partial charge in [-0.3, -0.25) is 9.98 Å². The quantitative estimate of drug-likeness (QED) is 0.488. The van der Waals surface area contributed by atoms with Crippen LogP contribution in [0.5, 0.6) is 11.5 Å². The van der Waals surface area contributed by atoms with Gasteiger partial charge in [-0.15, -0.1) is 12.4 Å². The largest absolute Gasteiger partial charge is 0.493 e. The maximum Gasteiger partial charge on any atom is 0.165 e. The van der Waals surface area contributed by atoms with Crippen LogP contribution in [0.2, 0.25) is 10.0 Å². The molecule has 0 atom stereocenters. The molecular weight excluding hydrogens is 419 g/mol. The second-order valence-electron chi connectivity index (χ2n) is 7.01. The minimum atomic E-state index is 0. The van der Waals surface area contributed by atoms with Gasteiger partial charge in [0.15, 0.2) is 11.5 Å². The summed E-state index contributed by atoms with van der Waals surface area (Å²) in [6, 6.07) is 4.11. The highest BCUT2D eigenvalue weighted by atomic mass is 35.5. The van der Waals surface area contributed by atoms with Crippen molar-refractivity contribution in [1.82, 2.24) is 4.98 Å². The second-order valence-corrected chi connectivity index (χ2v) is 7.79. The monoisotopic (exact) mass is 440 g/mol. The molecule has 2 aliphatic carbocycles. The van der Waals surface area contributed by atoms with Gasteiger partial charge in [-0.1, -0.05) is 23.2 Å². The van der Waals surface area contributed by atoms with E-state index in [2.05, 4.69) is 23.0 Å². The summed E-state index contributed by atoms with van der Waals surface area (Å²) in [7, 11) is 1.72. The molecule has 28 heavy (non-hydrogen) atoms. The first-order chi connectivity index (χ1) is 13.1. The van der Waals surface area contributed by atoms with Crippen LogP contribution in [0, 0.1) is 0 Å². The summed E-state index contributed by atoms with van der Waals surface area (Å²) in [5.74, 6) is 1.82. The highest BCUT2D eigenvalue weighted by Crippen LogP contribution is 2.50. The SMILES string of the molecule is COc1ccc2c(c1OC1CCCC1)CCN=C2C.Cl.Clc1cnc2c(Cl)c1-2. The first-order valence-corrected chi connectivity index (χ1v) is 10.1. The number of methoxy groups -OCH3 is 1. The molecular formula is C21H23Cl3N2O2. The third-order valence-electron chi connectivity index (χ3n) is 5.28. The van der Waals surface area contributed by atoms with E-state index in [1.807, 2.05) is 6.07 Å². The number of hydrogen-bond acceptors (Lipinski definition) is 4. The summed E-state index contributed by atoms with van der Waals surface area (Å²) in [4.78, 5) is 8.41. The molecule has 2 heterocycles. The topological polar surface area (TPSA) is 43.7 Å². The number of nitrogens with zero attached hydrogens (tertiary/aromatic N) is 2. The van der Waals surface area contributed by atoms with Crippen LogP contribution in [0.1, 0.15) is 43.7 Å². The molecule has 0 radical (unpaired) electrons. The van der Waals surface area contributed by atoms with Crippen LogP contribution in [-0.2, 0) is 6.42 Å². The van der Waals surface area contributed by atoms with Crippen LogP contribution in [0.25, 0.3) is 11.3 Å². The molecule has 0 unspecified atom stereocenters. The Labute approximate surface area is 181 Å². The Kier molecular flexibility index (Phi) is 6.74. The molecule has 0 spiro atoms. The summed E-state index contributed by atoms with van der Waals surface area (Å²) in [5.41, 5.74) is 5.42. The van der Waals surface area contributed by atoms with E-state index in [9.17, 15) is 0 Å². The van der Waals surface area contributed by atoms with Crippen LogP contribution in [0.3, 0.4) is 0 Å². The minimum Gasteiger partial charge on any atom is -0.493 e. The van der Waals surface area contributed by atoms with Gasteiger partial charge in [0.05, 0.1) is 29.0 Å². The standard InChI is InChI=1S/C16H21NO2.C5HCl2N.ClH/c1-11-13-7-8-15(18-2)16(14(13)9-10-17-11)19-12-5-3-4-6-12;6-2-1-8-5-3(2)4(5)7;/h7-8,12H,3-6,9-10H2,1-2H3;1H;1H. The number of halogens is 3. The van der Waals surface area contributed by atoms with Gasteiger partial charge in [0.2, 0.25) is 0 Å².